The molecule has 0 aliphatic heterocycles. The zero-order chi connectivity index (χ0) is 19.5. The number of nitrogens with zero attached hydrogens (tertiary/aromatic N) is 4. The molecule has 0 spiro atoms. The van der Waals surface area contributed by atoms with Crippen LogP contribution in [0, 0.1) is 0 Å². The molecule has 1 amide bonds. The van der Waals surface area contributed by atoms with Crippen LogP contribution in [0.2, 0.25) is 0 Å². The van der Waals surface area contributed by atoms with Crippen LogP contribution in [0.4, 0.5) is 5.69 Å². The molecule has 0 saturated heterocycles. The van der Waals surface area contributed by atoms with E-state index in [1.54, 1.807) is 0 Å². The Morgan fingerprint density at radius 2 is 1.79 bits per heavy atom. The van der Waals surface area contributed by atoms with E-state index < -0.39 is 0 Å². The van der Waals surface area contributed by atoms with Gasteiger partial charge in [0.05, 0.1) is 23.8 Å². The zero-order valence-corrected chi connectivity index (χ0v) is 15.6. The van der Waals surface area contributed by atoms with Crippen molar-refractivity contribution in [3.05, 3.63) is 73.1 Å². The third kappa shape index (κ3) is 3.42. The molecule has 2 aromatic carbocycles. The second kappa shape index (κ2) is 7.48. The molecule has 28 heavy (non-hydrogen) atoms. The third-order valence-electron chi connectivity index (χ3n) is 4.57. The Morgan fingerprint density at radius 1 is 1.04 bits per heavy atom. The van der Waals surface area contributed by atoms with Gasteiger partial charge >= 0.3 is 0 Å². The first-order valence-corrected chi connectivity index (χ1v) is 8.99. The van der Waals surface area contributed by atoms with Crippen molar-refractivity contribution in [3.8, 4) is 22.5 Å². The minimum atomic E-state index is -0.0956. The van der Waals surface area contributed by atoms with E-state index >= 15 is 0 Å². The quantitative estimate of drug-likeness (QED) is 0.556. The highest BCUT2D eigenvalue weighted by Crippen LogP contribution is 2.34. The van der Waals surface area contributed by atoms with Crippen LogP contribution in [0.5, 0.6) is 0 Å². The highest BCUT2D eigenvalue weighted by Gasteiger charge is 2.20. The number of H-pyrrole nitrogens is 1. The summed E-state index contributed by atoms with van der Waals surface area (Å²) in [5.41, 5.74) is 4.65. The molecule has 0 aliphatic carbocycles. The van der Waals surface area contributed by atoms with E-state index in [1.807, 2.05) is 67.8 Å². The lowest BCUT2D eigenvalue weighted by atomic mass is 10.0. The Morgan fingerprint density at radius 3 is 2.43 bits per heavy atom. The second-order valence-electron chi connectivity index (χ2n) is 6.52. The first kappa shape index (κ1) is 17.7. The van der Waals surface area contributed by atoms with Gasteiger partial charge in [0.2, 0.25) is 5.91 Å². The number of aromatic amines is 1. The molecule has 0 aliphatic rings. The van der Waals surface area contributed by atoms with E-state index in [2.05, 4.69) is 25.1 Å². The molecule has 0 fully saturated rings. The molecular formula is C21H20N6O. The molecule has 4 aromatic rings. The summed E-state index contributed by atoms with van der Waals surface area (Å²) in [5.74, 6) is 0.662. The first-order chi connectivity index (χ1) is 13.6. The Labute approximate surface area is 162 Å². The number of benzene rings is 2. The van der Waals surface area contributed by atoms with Crippen LogP contribution in [0.3, 0.4) is 0 Å². The fraction of sp³-hybridized carbons (Fsp3) is 0.143. The standard InChI is InChI=1S/C21H20N6O/c1-14(21-22-12-24-26-21)27-13-23-19(16-6-4-3-5-7-16)20(27)17-8-10-18(11-9-17)25-15(2)28/h3-14H,1-2H3,(H,25,28)(H,22,24,26)/t14-/m1/s1. The molecule has 4 rings (SSSR count). The monoisotopic (exact) mass is 372 g/mol. The van der Waals surface area contributed by atoms with Crippen LogP contribution < -0.4 is 5.32 Å². The molecule has 2 aromatic heterocycles. The first-order valence-electron chi connectivity index (χ1n) is 8.99. The average molecular weight is 372 g/mol. The van der Waals surface area contributed by atoms with Gasteiger partial charge in [-0.3, -0.25) is 9.89 Å². The number of carbonyl (C=O) groups excluding carboxylic acids is 1. The maximum absolute atomic E-state index is 11.3. The topological polar surface area (TPSA) is 88.5 Å². The summed E-state index contributed by atoms with van der Waals surface area (Å²) in [6.45, 7) is 3.54. The number of anilines is 1. The Hall–Kier alpha value is -3.74. The molecule has 2 N–H and O–H groups in total. The number of imidazole rings is 1. The number of nitrogens with one attached hydrogen (secondary N) is 2. The molecule has 7 heteroatoms. The van der Waals surface area contributed by atoms with Crippen LogP contribution in [0.1, 0.15) is 25.7 Å². The summed E-state index contributed by atoms with van der Waals surface area (Å²) in [6, 6.07) is 17.7. The van der Waals surface area contributed by atoms with Gasteiger partial charge in [-0.15, -0.1) is 0 Å². The molecule has 140 valence electrons. The maximum atomic E-state index is 11.3. The maximum Gasteiger partial charge on any atom is 0.221 e. The molecule has 7 nitrogen and oxygen atoms in total. The van der Waals surface area contributed by atoms with Gasteiger partial charge in [-0.2, -0.15) is 5.10 Å². The Bertz CT molecular complexity index is 1070. The van der Waals surface area contributed by atoms with E-state index in [0.717, 1.165) is 34.0 Å². The Balaban J connectivity index is 1.83. The summed E-state index contributed by atoms with van der Waals surface area (Å²) < 4.78 is 2.08. The van der Waals surface area contributed by atoms with E-state index in [-0.39, 0.29) is 11.9 Å². The van der Waals surface area contributed by atoms with Gasteiger partial charge < -0.3 is 9.88 Å². The van der Waals surface area contributed by atoms with Gasteiger partial charge in [0, 0.05) is 23.7 Å². The average Bonchev–Trinajstić information content (AvgIpc) is 3.39. The van der Waals surface area contributed by atoms with E-state index in [9.17, 15) is 4.79 Å². The van der Waals surface area contributed by atoms with Crippen molar-refractivity contribution < 1.29 is 4.79 Å². The summed E-state index contributed by atoms with van der Waals surface area (Å²) in [7, 11) is 0. The van der Waals surface area contributed by atoms with Gasteiger partial charge in [-0.05, 0) is 19.1 Å². The van der Waals surface area contributed by atoms with Crippen molar-refractivity contribution in [2.24, 2.45) is 0 Å². The SMILES string of the molecule is CC(=O)Nc1ccc(-c2c(-c3ccccc3)ncn2[C@H](C)c2ncn[nH]2)cc1. The normalized spacial score (nSPS) is 11.9. The van der Waals surface area contributed by atoms with Crippen molar-refractivity contribution in [1.82, 2.24) is 24.7 Å². The predicted octanol–water partition coefficient (Wildman–Crippen LogP) is 3.90. The largest absolute Gasteiger partial charge is 0.326 e. The number of aromatic nitrogens is 5. The van der Waals surface area contributed by atoms with Crippen molar-refractivity contribution in [2.75, 3.05) is 5.32 Å². The number of carbonyl (C=O) groups is 1. The van der Waals surface area contributed by atoms with Crippen LogP contribution in [-0.4, -0.2) is 30.6 Å². The number of rotatable bonds is 5. The summed E-state index contributed by atoms with van der Waals surface area (Å²) in [6.07, 6.45) is 3.33. The smallest absolute Gasteiger partial charge is 0.221 e. The summed E-state index contributed by atoms with van der Waals surface area (Å²) >= 11 is 0. The van der Waals surface area contributed by atoms with E-state index in [0.29, 0.717) is 0 Å². The van der Waals surface area contributed by atoms with E-state index in [4.69, 9.17) is 4.98 Å². The van der Waals surface area contributed by atoms with Gasteiger partial charge in [0.25, 0.3) is 0 Å². The van der Waals surface area contributed by atoms with Crippen molar-refractivity contribution in [2.45, 2.75) is 19.9 Å². The van der Waals surface area contributed by atoms with Crippen molar-refractivity contribution >= 4 is 11.6 Å². The molecule has 1 atom stereocenters. The van der Waals surface area contributed by atoms with Crippen LogP contribution in [0.15, 0.2) is 67.3 Å². The molecule has 0 bridgehead atoms. The molecule has 2 heterocycles. The van der Waals surface area contributed by atoms with Gasteiger partial charge in [-0.1, -0.05) is 42.5 Å². The molecule has 0 saturated carbocycles. The van der Waals surface area contributed by atoms with Crippen LogP contribution in [-0.2, 0) is 4.79 Å². The fourth-order valence-electron chi connectivity index (χ4n) is 3.21. The van der Waals surface area contributed by atoms with Gasteiger partial charge in [0.1, 0.15) is 12.2 Å². The highest BCUT2D eigenvalue weighted by atomic mass is 16.1. The third-order valence-corrected chi connectivity index (χ3v) is 4.57. The molecule has 0 unspecified atom stereocenters. The minimum Gasteiger partial charge on any atom is -0.326 e. The lowest BCUT2D eigenvalue weighted by molar-refractivity contribution is -0.114. The van der Waals surface area contributed by atoms with Gasteiger partial charge in [-0.25, -0.2) is 9.97 Å². The van der Waals surface area contributed by atoms with Crippen molar-refractivity contribution in [3.63, 3.8) is 0 Å². The minimum absolute atomic E-state index is 0.0718. The summed E-state index contributed by atoms with van der Waals surface area (Å²) in [4.78, 5) is 20.3. The lowest BCUT2D eigenvalue weighted by Gasteiger charge is -2.16. The van der Waals surface area contributed by atoms with Crippen molar-refractivity contribution in [1.29, 1.82) is 0 Å². The lowest BCUT2D eigenvalue weighted by Crippen LogP contribution is -2.09. The van der Waals surface area contributed by atoms with E-state index in [1.165, 1.54) is 13.3 Å². The predicted molar refractivity (Wildman–Crippen MR) is 108 cm³/mol. The van der Waals surface area contributed by atoms with Gasteiger partial charge in [0.15, 0.2) is 0 Å². The number of amides is 1. The number of hydrogen-bond acceptors (Lipinski definition) is 4. The zero-order valence-electron chi connectivity index (χ0n) is 15.6. The Kier molecular flexibility index (Phi) is 4.72. The van der Waals surface area contributed by atoms with Crippen LogP contribution >= 0.6 is 0 Å². The fourth-order valence-corrected chi connectivity index (χ4v) is 3.21. The highest BCUT2D eigenvalue weighted by molar-refractivity contribution is 5.89. The molecular weight excluding hydrogens is 352 g/mol. The van der Waals surface area contributed by atoms with Crippen LogP contribution in [0.25, 0.3) is 22.5 Å². The summed E-state index contributed by atoms with van der Waals surface area (Å²) in [5, 5.41) is 9.70. The number of hydrogen-bond donors (Lipinski definition) is 2. The molecule has 0 radical (unpaired) electrons. The second-order valence-corrected chi connectivity index (χ2v) is 6.52.